The van der Waals surface area contributed by atoms with Crippen molar-refractivity contribution >= 4 is 18.3 Å². The summed E-state index contributed by atoms with van der Waals surface area (Å²) in [5.74, 6) is 0.629. The quantitative estimate of drug-likeness (QED) is 0.873. The SMILES string of the molecule is Cc1ccc(CCC(=O)NC2CCCCC2CN)c(C)c1.Cl. The van der Waals surface area contributed by atoms with Crippen molar-refractivity contribution in [2.75, 3.05) is 6.54 Å². The van der Waals surface area contributed by atoms with Crippen molar-refractivity contribution in [2.45, 2.75) is 58.4 Å². The summed E-state index contributed by atoms with van der Waals surface area (Å²) in [7, 11) is 0. The average molecular weight is 325 g/mol. The first-order chi connectivity index (χ1) is 10.1. The van der Waals surface area contributed by atoms with Crippen LogP contribution in [0.4, 0.5) is 0 Å². The molecule has 22 heavy (non-hydrogen) atoms. The molecule has 0 aromatic heterocycles. The summed E-state index contributed by atoms with van der Waals surface area (Å²) in [6.45, 7) is 4.90. The molecule has 3 N–H and O–H groups in total. The van der Waals surface area contributed by atoms with Crippen LogP contribution in [0.15, 0.2) is 18.2 Å². The van der Waals surface area contributed by atoms with Crippen molar-refractivity contribution in [2.24, 2.45) is 11.7 Å². The highest BCUT2D eigenvalue weighted by Gasteiger charge is 2.25. The lowest BCUT2D eigenvalue weighted by atomic mass is 9.84. The van der Waals surface area contributed by atoms with E-state index in [0.29, 0.717) is 18.9 Å². The van der Waals surface area contributed by atoms with Gasteiger partial charge in [0.2, 0.25) is 5.91 Å². The lowest BCUT2D eigenvalue weighted by Gasteiger charge is -2.31. The van der Waals surface area contributed by atoms with E-state index < -0.39 is 0 Å². The van der Waals surface area contributed by atoms with Gasteiger partial charge in [0.15, 0.2) is 0 Å². The third-order valence-electron chi connectivity index (χ3n) is 4.68. The molecule has 1 aromatic carbocycles. The summed E-state index contributed by atoms with van der Waals surface area (Å²) < 4.78 is 0. The minimum Gasteiger partial charge on any atom is -0.353 e. The van der Waals surface area contributed by atoms with E-state index in [1.54, 1.807) is 0 Å². The maximum Gasteiger partial charge on any atom is 0.220 e. The first-order valence-electron chi connectivity index (χ1n) is 8.15. The van der Waals surface area contributed by atoms with Gasteiger partial charge in [-0.25, -0.2) is 0 Å². The summed E-state index contributed by atoms with van der Waals surface area (Å²) in [5, 5.41) is 3.20. The number of carbonyl (C=O) groups excluding carboxylic acids is 1. The van der Waals surface area contributed by atoms with Gasteiger partial charge in [-0.05, 0) is 56.7 Å². The summed E-state index contributed by atoms with van der Waals surface area (Å²) >= 11 is 0. The second kappa shape index (κ2) is 9.16. The number of hydrogen-bond donors (Lipinski definition) is 2. The fourth-order valence-corrected chi connectivity index (χ4v) is 3.33. The van der Waals surface area contributed by atoms with Crippen molar-refractivity contribution in [1.29, 1.82) is 0 Å². The van der Waals surface area contributed by atoms with E-state index in [9.17, 15) is 4.79 Å². The second-order valence-corrected chi connectivity index (χ2v) is 6.38. The molecule has 2 atom stereocenters. The molecule has 124 valence electrons. The van der Waals surface area contributed by atoms with Gasteiger partial charge in [-0.3, -0.25) is 4.79 Å². The standard InChI is InChI=1S/C18H28N2O.ClH/c1-13-7-8-15(14(2)11-13)9-10-18(21)20-17-6-4-3-5-16(17)12-19;/h7-8,11,16-17H,3-6,9-10,12,19H2,1-2H3,(H,20,21);1H. The Morgan fingerprint density at radius 1 is 1.27 bits per heavy atom. The number of nitrogens with one attached hydrogen (secondary N) is 1. The first kappa shape index (κ1) is 19.0. The van der Waals surface area contributed by atoms with Crippen molar-refractivity contribution < 1.29 is 4.79 Å². The third-order valence-corrected chi connectivity index (χ3v) is 4.68. The summed E-state index contributed by atoms with van der Waals surface area (Å²) in [6.07, 6.45) is 6.07. The molecule has 0 bridgehead atoms. The zero-order valence-electron chi connectivity index (χ0n) is 13.7. The van der Waals surface area contributed by atoms with Crippen LogP contribution in [0.3, 0.4) is 0 Å². The summed E-state index contributed by atoms with van der Waals surface area (Å²) in [5.41, 5.74) is 9.64. The molecule has 1 aliphatic rings. The van der Waals surface area contributed by atoms with Gasteiger partial charge in [0.1, 0.15) is 0 Å². The Hall–Kier alpha value is -1.06. The molecule has 0 spiro atoms. The first-order valence-corrected chi connectivity index (χ1v) is 8.15. The van der Waals surface area contributed by atoms with Gasteiger partial charge in [-0.1, -0.05) is 36.6 Å². The largest absolute Gasteiger partial charge is 0.353 e. The number of carbonyl (C=O) groups is 1. The Labute approximate surface area is 140 Å². The molecule has 2 rings (SSSR count). The summed E-state index contributed by atoms with van der Waals surface area (Å²) in [6, 6.07) is 6.72. The number of halogens is 1. The molecule has 1 aliphatic carbocycles. The van der Waals surface area contributed by atoms with Crippen LogP contribution in [0.25, 0.3) is 0 Å². The minimum absolute atomic E-state index is 0. The van der Waals surface area contributed by atoms with Crippen LogP contribution in [-0.4, -0.2) is 18.5 Å². The molecule has 1 saturated carbocycles. The van der Waals surface area contributed by atoms with E-state index in [-0.39, 0.29) is 24.4 Å². The van der Waals surface area contributed by atoms with E-state index >= 15 is 0 Å². The molecule has 0 aliphatic heterocycles. The van der Waals surface area contributed by atoms with Crippen LogP contribution < -0.4 is 11.1 Å². The Kier molecular flexibility index (Phi) is 7.91. The highest BCUT2D eigenvalue weighted by atomic mass is 35.5. The van der Waals surface area contributed by atoms with Gasteiger partial charge in [0.05, 0.1) is 0 Å². The Bertz CT molecular complexity index is 490. The van der Waals surface area contributed by atoms with E-state index in [1.165, 1.54) is 29.5 Å². The molecular formula is C18H29ClN2O. The zero-order chi connectivity index (χ0) is 15.2. The van der Waals surface area contributed by atoms with Crippen LogP contribution in [-0.2, 0) is 11.2 Å². The topological polar surface area (TPSA) is 55.1 Å². The van der Waals surface area contributed by atoms with Crippen LogP contribution in [0.5, 0.6) is 0 Å². The molecule has 1 fully saturated rings. The van der Waals surface area contributed by atoms with Gasteiger partial charge in [-0.15, -0.1) is 12.4 Å². The van der Waals surface area contributed by atoms with E-state index in [0.717, 1.165) is 19.3 Å². The molecule has 1 amide bonds. The predicted molar refractivity (Wildman–Crippen MR) is 94.4 cm³/mol. The van der Waals surface area contributed by atoms with Crippen molar-refractivity contribution in [1.82, 2.24) is 5.32 Å². The molecule has 0 radical (unpaired) electrons. The molecule has 3 nitrogen and oxygen atoms in total. The van der Waals surface area contributed by atoms with Crippen LogP contribution >= 0.6 is 12.4 Å². The van der Waals surface area contributed by atoms with Gasteiger partial charge in [0, 0.05) is 12.5 Å². The molecule has 2 unspecified atom stereocenters. The monoisotopic (exact) mass is 324 g/mol. The fourth-order valence-electron chi connectivity index (χ4n) is 3.33. The highest BCUT2D eigenvalue weighted by Crippen LogP contribution is 2.23. The molecule has 4 heteroatoms. The van der Waals surface area contributed by atoms with Gasteiger partial charge in [0.25, 0.3) is 0 Å². The van der Waals surface area contributed by atoms with Gasteiger partial charge >= 0.3 is 0 Å². The van der Waals surface area contributed by atoms with E-state index in [4.69, 9.17) is 5.73 Å². The van der Waals surface area contributed by atoms with Crippen LogP contribution in [0.2, 0.25) is 0 Å². The van der Waals surface area contributed by atoms with Crippen molar-refractivity contribution in [3.8, 4) is 0 Å². The Balaban J connectivity index is 0.00000242. The molecule has 0 heterocycles. The number of aryl methyl sites for hydroxylation is 3. The number of amides is 1. The zero-order valence-corrected chi connectivity index (χ0v) is 14.5. The second-order valence-electron chi connectivity index (χ2n) is 6.38. The van der Waals surface area contributed by atoms with E-state index in [1.807, 2.05) is 0 Å². The number of hydrogen-bond acceptors (Lipinski definition) is 2. The van der Waals surface area contributed by atoms with Crippen LogP contribution in [0, 0.1) is 19.8 Å². The van der Waals surface area contributed by atoms with Crippen molar-refractivity contribution in [3.63, 3.8) is 0 Å². The average Bonchev–Trinajstić information content (AvgIpc) is 2.47. The number of nitrogens with two attached hydrogens (primary N) is 1. The highest BCUT2D eigenvalue weighted by molar-refractivity contribution is 5.85. The Morgan fingerprint density at radius 3 is 2.68 bits per heavy atom. The smallest absolute Gasteiger partial charge is 0.220 e. The van der Waals surface area contributed by atoms with Gasteiger partial charge < -0.3 is 11.1 Å². The third kappa shape index (κ3) is 5.29. The van der Waals surface area contributed by atoms with Crippen molar-refractivity contribution in [3.05, 3.63) is 34.9 Å². The minimum atomic E-state index is 0. The molecule has 0 saturated heterocycles. The lowest BCUT2D eigenvalue weighted by molar-refractivity contribution is -0.122. The normalized spacial score (nSPS) is 21.0. The lowest BCUT2D eigenvalue weighted by Crippen LogP contribution is -2.44. The Morgan fingerprint density at radius 2 is 2.00 bits per heavy atom. The van der Waals surface area contributed by atoms with Gasteiger partial charge in [-0.2, -0.15) is 0 Å². The predicted octanol–water partition coefficient (Wildman–Crippen LogP) is 3.29. The van der Waals surface area contributed by atoms with E-state index in [2.05, 4.69) is 37.4 Å². The molecule has 1 aromatic rings. The summed E-state index contributed by atoms with van der Waals surface area (Å²) in [4.78, 5) is 12.2. The number of benzene rings is 1. The molecular weight excluding hydrogens is 296 g/mol. The fraction of sp³-hybridized carbons (Fsp3) is 0.611. The maximum atomic E-state index is 12.2. The number of rotatable bonds is 5. The maximum absolute atomic E-state index is 12.2. The van der Waals surface area contributed by atoms with Crippen LogP contribution in [0.1, 0.15) is 48.8 Å².